The lowest BCUT2D eigenvalue weighted by atomic mass is 10.1. The Balaban J connectivity index is 1.68. The Hall–Kier alpha value is -2.90. The van der Waals surface area contributed by atoms with Crippen LogP contribution in [0.25, 0.3) is 21.5 Å². The number of rotatable bonds is 7. The van der Waals surface area contributed by atoms with Crippen molar-refractivity contribution in [3.63, 3.8) is 0 Å². The summed E-state index contributed by atoms with van der Waals surface area (Å²) in [6.45, 7) is 5.46. The van der Waals surface area contributed by atoms with Crippen LogP contribution in [-0.2, 0) is 11.3 Å². The van der Waals surface area contributed by atoms with E-state index in [0.29, 0.717) is 6.61 Å². The summed E-state index contributed by atoms with van der Waals surface area (Å²) in [4.78, 5) is 10.2. The zero-order valence-corrected chi connectivity index (χ0v) is 17.8. The highest BCUT2D eigenvalue weighted by Gasteiger charge is 2.13. The Kier molecular flexibility index (Phi) is 5.51. The van der Waals surface area contributed by atoms with E-state index in [1.807, 2.05) is 38.2 Å². The number of nitrogens with zero attached hydrogens (tertiary/aromatic N) is 3. The highest BCUT2D eigenvalue weighted by atomic mass is 32.1. The lowest BCUT2D eigenvalue weighted by Gasteiger charge is -2.12. The summed E-state index contributed by atoms with van der Waals surface area (Å²) < 4.78 is 13.1. The molecule has 4 rings (SSSR count). The molecule has 0 bridgehead atoms. The maximum atomic E-state index is 5.65. The van der Waals surface area contributed by atoms with Crippen LogP contribution in [0.4, 0.5) is 11.4 Å². The molecule has 4 aromatic rings. The summed E-state index contributed by atoms with van der Waals surface area (Å²) in [5.41, 5.74) is 4.99. The van der Waals surface area contributed by atoms with E-state index < -0.39 is 0 Å². The number of thiazole rings is 1. The molecule has 150 valence electrons. The first-order valence-corrected chi connectivity index (χ1v) is 10.2. The average molecular weight is 409 g/mol. The van der Waals surface area contributed by atoms with Gasteiger partial charge in [-0.05, 0) is 38.1 Å². The molecule has 29 heavy (non-hydrogen) atoms. The number of imidazole rings is 1. The Morgan fingerprint density at radius 3 is 2.72 bits per heavy atom. The molecule has 2 aromatic carbocycles. The maximum absolute atomic E-state index is 5.65. The molecule has 2 aromatic heterocycles. The van der Waals surface area contributed by atoms with Crippen molar-refractivity contribution in [2.24, 2.45) is 0 Å². The van der Waals surface area contributed by atoms with Crippen LogP contribution in [0.1, 0.15) is 10.8 Å². The van der Waals surface area contributed by atoms with Crippen LogP contribution in [0.3, 0.4) is 0 Å². The zero-order chi connectivity index (χ0) is 20.4. The molecule has 7 heteroatoms. The van der Waals surface area contributed by atoms with E-state index in [2.05, 4.69) is 33.1 Å². The second kappa shape index (κ2) is 8.23. The molecule has 0 aliphatic rings. The highest BCUT2D eigenvalue weighted by molar-refractivity contribution is 7.15. The van der Waals surface area contributed by atoms with E-state index in [9.17, 15) is 0 Å². The maximum Gasteiger partial charge on any atom is 0.129 e. The molecule has 0 fully saturated rings. The standard InChI is InChI=1S/C22H24N4O2S/c1-14-24-22-18(6-5-7-19(22)26(14)10-11-27-3)25-16-8-9-17(20(12-16)28-4)21-13-23-15(2)29-21/h5-9,12-13,25H,10-11H2,1-4H3. The van der Waals surface area contributed by atoms with Gasteiger partial charge in [-0.2, -0.15) is 0 Å². The number of benzene rings is 2. The van der Waals surface area contributed by atoms with Gasteiger partial charge >= 0.3 is 0 Å². The summed E-state index contributed by atoms with van der Waals surface area (Å²) in [7, 11) is 3.41. The third-order valence-electron chi connectivity index (χ3n) is 4.86. The van der Waals surface area contributed by atoms with Crippen molar-refractivity contribution in [2.75, 3.05) is 26.1 Å². The van der Waals surface area contributed by atoms with Crippen LogP contribution in [-0.4, -0.2) is 35.4 Å². The van der Waals surface area contributed by atoms with E-state index in [-0.39, 0.29) is 0 Å². The normalized spacial score (nSPS) is 11.2. The van der Waals surface area contributed by atoms with Gasteiger partial charge in [0.1, 0.15) is 17.1 Å². The predicted molar refractivity (Wildman–Crippen MR) is 118 cm³/mol. The van der Waals surface area contributed by atoms with E-state index >= 15 is 0 Å². The smallest absolute Gasteiger partial charge is 0.129 e. The molecule has 6 nitrogen and oxygen atoms in total. The second-order valence-electron chi connectivity index (χ2n) is 6.76. The fraction of sp³-hybridized carbons (Fsp3) is 0.273. The van der Waals surface area contributed by atoms with Crippen molar-refractivity contribution in [1.29, 1.82) is 0 Å². The Morgan fingerprint density at radius 2 is 2.00 bits per heavy atom. The van der Waals surface area contributed by atoms with Gasteiger partial charge < -0.3 is 19.4 Å². The summed E-state index contributed by atoms with van der Waals surface area (Å²) in [6.07, 6.45) is 1.89. The van der Waals surface area contributed by atoms with Gasteiger partial charge in [-0.1, -0.05) is 6.07 Å². The SMILES string of the molecule is COCCn1c(C)nc2c(Nc3ccc(-c4cnc(C)s4)c(OC)c3)cccc21. The van der Waals surface area contributed by atoms with Crippen molar-refractivity contribution >= 4 is 33.7 Å². The third-order valence-corrected chi connectivity index (χ3v) is 5.80. The quantitative estimate of drug-likeness (QED) is 0.457. The number of aryl methyl sites for hydroxylation is 2. The first kappa shape index (κ1) is 19.4. The van der Waals surface area contributed by atoms with Crippen molar-refractivity contribution in [3.8, 4) is 16.2 Å². The third kappa shape index (κ3) is 3.83. The number of fused-ring (bicyclic) bond motifs is 1. The summed E-state index contributed by atoms with van der Waals surface area (Å²) in [6, 6.07) is 12.3. The van der Waals surface area contributed by atoms with Crippen LogP contribution >= 0.6 is 11.3 Å². The van der Waals surface area contributed by atoms with Crippen molar-refractivity contribution in [1.82, 2.24) is 14.5 Å². The number of methoxy groups -OCH3 is 2. The van der Waals surface area contributed by atoms with E-state index in [4.69, 9.17) is 14.5 Å². The first-order valence-electron chi connectivity index (χ1n) is 9.43. The molecule has 0 aliphatic carbocycles. The molecule has 0 saturated heterocycles. The van der Waals surface area contributed by atoms with Gasteiger partial charge in [0.15, 0.2) is 0 Å². The van der Waals surface area contributed by atoms with Gasteiger partial charge in [0.25, 0.3) is 0 Å². The minimum absolute atomic E-state index is 0.652. The van der Waals surface area contributed by atoms with Gasteiger partial charge in [-0.3, -0.25) is 0 Å². The summed E-state index contributed by atoms with van der Waals surface area (Å²) >= 11 is 1.66. The highest BCUT2D eigenvalue weighted by Crippen LogP contribution is 2.37. The van der Waals surface area contributed by atoms with Crippen LogP contribution in [0.5, 0.6) is 5.75 Å². The number of aromatic nitrogens is 3. The fourth-order valence-electron chi connectivity index (χ4n) is 3.44. The molecular weight excluding hydrogens is 384 g/mol. The largest absolute Gasteiger partial charge is 0.496 e. The van der Waals surface area contributed by atoms with Crippen molar-refractivity contribution in [2.45, 2.75) is 20.4 Å². The average Bonchev–Trinajstić information content (AvgIpc) is 3.29. The molecule has 0 saturated carbocycles. The van der Waals surface area contributed by atoms with Gasteiger partial charge in [0.2, 0.25) is 0 Å². The van der Waals surface area contributed by atoms with Crippen molar-refractivity contribution < 1.29 is 9.47 Å². The Morgan fingerprint density at radius 1 is 1.14 bits per heavy atom. The Labute approximate surface area is 174 Å². The number of hydrogen-bond donors (Lipinski definition) is 1. The second-order valence-corrected chi connectivity index (χ2v) is 8.00. The van der Waals surface area contributed by atoms with E-state index in [1.54, 1.807) is 25.6 Å². The number of anilines is 2. The lowest BCUT2D eigenvalue weighted by molar-refractivity contribution is 0.187. The monoisotopic (exact) mass is 408 g/mol. The molecule has 2 heterocycles. The predicted octanol–water partition coefficient (Wildman–Crippen LogP) is 5.18. The van der Waals surface area contributed by atoms with Crippen LogP contribution in [0, 0.1) is 13.8 Å². The van der Waals surface area contributed by atoms with E-state index in [1.165, 1.54) is 0 Å². The van der Waals surface area contributed by atoms with Crippen LogP contribution in [0.15, 0.2) is 42.6 Å². The van der Waals surface area contributed by atoms with Gasteiger partial charge in [0, 0.05) is 37.2 Å². The van der Waals surface area contributed by atoms with Crippen LogP contribution in [0.2, 0.25) is 0 Å². The first-order chi connectivity index (χ1) is 14.1. The van der Waals surface area contributed by atoms with Gasteiger partial charge in [-0.15, -0.1) is 11.3 Å². The number of nitrogens with one attached hydrogen (secondary N) is 1. The van der Waals surface area contributed by atoms with Crippen molar-refractivity contribution in [3.05, 3.63) is 53.4 Å². The number of para-hydroxylation sites is 1. The fourth-order valence-corrected chi connectivity index (χ4v) is 4.25. The summed E-state index contributed by atoms with van der Waals surface area (Å²) in [5.74, 6) is 1.78. The topological polar surface area (TPSA) is 61.2 Å². The molecular formula is C22H24N4O2S. The van der Waals surface area contributed by atoms with E-state index in [0.717, 1.165) is 56.0 Å². The minimum atomic E-state index is 0.652. The molecule has 1 N–H and O–H groups in total. The van der Waals surface area contributed by atoms with Gasteiger partial charge in [-0.25, -0.2) is 9.97 Å². The zero-order valence-electron chi connectivity index (χ0n) is 17.0. The van der Waals surface area contributed by atoms with Crippen LogP contribution < -0.4 is 10.1 Å². The minimum Gasteiger partial charge on any atom is -0.496 e. The summed E-state index contributed by atoms with van der Waals surface area (Å²) in [5, 5.41) is 4.54. The number of ether oxygens (including phenoxy) is 2. The molecule has 0 atom stereocenters. The molecule has 0 radical (unpaired) electrons. The molecule has 0 unspecified atom stereocenters. The lowest BCUT2D eigenvalue weighted by Crippen LogP contribution is -2.05. The molecule has 0 amide bonds. The molecule has 0 aliphatic heterocycles. The Bertz CT molecular complexity index is 1150. The number of hydrogen-bond acceptors (Lipinski definition) is 6. The van der Waals surface area contributed by atoms with Gasteiger partial charge in [0.05, 0.1) is 34.8 Å². The molecule has 0 spiro atoms.